The lowest BCUT2D eigenvalue weighted by atomic mass is 9.98. The molecule has 2 aliphatic rings. The van der Waals surface area contributed by atoms with Crippen LogP contribution in [0.2, 0.25) is 0 Å². The fourth-order valence-electron chi connectivity index (χ4n) is 4.39. The van der Waals surface area contributed by atoms with Gasteiger partial charge in [0.1, 0.15) is 12.4 Å². The molecule has 2 aromatic rings. The number of methoxy groups -OCH3 is 1. The van der Waals surface area contributed by atoms with Crippen LogP contribution in [-0.4, -0.2) is 60.9 Å². The number of benzene rings is 1. The molecule has 2 N–H and O–H groups in total. The van der Waals surface area contributed by atoms with Gasteiger partial charge in [0, 0.05) is 44.6 Å². The van der Waals surface area contributed by atoms with E-state index < -0.39 is 17.6 Å². The topological polar surface area (TPSA) is 69.7 Å². The number of aromatic nitrogens is 1. The number of thiazole rings is 1. The Balaban J connectivity index is 1.43. The highest BCUT2D eigenvalue weighted by atomic mass is 32.1. The van der Waals surface area contributed by atoms with E-state index in [9.17, 15) is 18.0 Å². The van der Waals surface area contributed by atoms with Crippen molar-refractivity contribution in [1.29, 1.82) is 0 Å². The molecule has 0 atom stereocenters. The smallest absolute Gasteiger partial charge is 0.370 e. The second-order valence-electron chi connectivity index (χ2n) is 8.63. The molecule has 2 fully saturated rings. The van der Waals surface area contributed by atoms with E-state index in [2.05, 4.69) is 20.5 Å². The monoisotopic (exact) mass is 527 g/mol. The Morgan fingerprint density at radius 1 is 1.23 bits per heavy atom. The number of piperidine rings is 1. The second kappa shape index (κ2) is 11.1. The first-order chi connectivity index (χ1) is 16.8. The summed E-state index contributed by atoms with van der Waals surface area (Å²) in [6, 6.07) is 3.51. The molecule has 35 heavy (non-hydrogen) atoms. The van der Waals surface area contributed by atoms with Crippen LogP contribution in [0.1, 0.15) is 52.7 Å². The van der Waals surface area contributed by atoms with Crippen LogP contribution in [0.5, 0.6) is 0 Å². The number of halogens is 3. The lowest BCUT2D eigenvalue weighted by Gasteiger charge is -2.33. The highest BCUT2D eigenvalue weighted by Gasteiger charge is 2.32. The molecule has 190 valence electrons. The van der Waals surface area contributed by atoms with E-state index in [4.69, 9.17) is 17.0 Å². The van der Waals surface area contributed by atoms with E-state index in [1.54, 1.807) is 12.5 Å². The van der Waals surface area contributed by atoms with Gasteiger partial charge in [0.05, 0.1) is 21.9 Å². The maximum absolute atomic E-state index is 13.3. The van der Waals surface area contributed by atoms with Gasteiger partial charge in [-0.05, 0) is 56.1 Å². The van der Waals surface area contributed by atoms with Gasteiger partial charge in [0.15, 0.2) is 5.11 Å². The van der Waals surface area contributed by atoms with Gasteiger partial charge in [0.2, 0.25) is 0 Å². The van der Waals surface area contributed by atoms with Crippen LogP contribution in [0, 0.1) is 0 Å². The van der Waals surface area contributed by atoms with Crippen LogP contribution in [0.15, 0.2) is 23.6 Å². The molecule has 3 heterocycles. The van der Waals surface area contributed by atoms with Crippen molar-refractivity contribution in [3.05, 3.63) is 39.8 Å². The Hall–Kier alpha value is -2.44. The maximum atomic E-state index is 13.3. The van der Waals surface area contributed by atoms with Crippen LogP contribution in [0.25, 0.3) is 0 Å². The number of carbonyl (C=O) groups excluding carboxylic acids is 1. The van der Waals surface area contributed by atoms with Crippen molar-refractivity contribution < 1.29 is 22.7 Å². The quantitative estimate of drug-likeness (QED) is 0.418. The number of amides is 1. The van der Waals surface area contributed by atoms with Crippen LogP contribution in [-0.2, 0) is 10.9 Å². The molecule has 0 saturated carbocycles. The second-order valence-corrected chi connectivity index (χ2v) is 9.90. The fourth-order valence-corrected chi connectivity index (χ4v) is 5.60. The van der Waals surface area contributed by atoms with Crippen molar-refractivity contribution in [2.75, 3.05) is 50.2 Å². The highest BCUT2D eigenvalue weighted by Crippen LogP contribution is 2.37. The third kappa shape index (κ3) is 6.22. The Bertz CT molecular complexity index is 1050. The summed E-state index contributed by atoms with van der Waals surface area (Å²) >= 11 is 6.78. The molecule has 4 rings (SSSR count). The van der Waals surface area contributed by atoms with E-state index >= 15 is 0 Å². The van der Waals surface area contributed by atoms with E-state index in [0.717, 1.165) is 69.0 Å². The molecule has 1 amide bonds. The first kappa shape index (κ1) is 25.6. The number of carbonyl (C=O) groups is 1. The molecule has 2 saturated heterocycles. The molecular weight excluding hydrogens is 499 g/mol. The van der Waals surface area contributed by atoms with Gasteiger partial charge in [-0.25, -0.2) is 4.98 Å². The summed E-state index contributed by atoms with van der Waals surface area (Å²) in [5, 5.41) is 8.90. The largest absolute Gasteiger partial charge is 0.416 e. The minimum Gasteiger partial charge on any atom is -0.370 e. The van der Waals surface area contributed by atoms with Crippen molar-refractivity contribution in [1.82, 2.24) is 15.2 Å². The molecule has 0 spiro atoms. The predicted molar refractivity (Wildman–Crippen MR) is 134 cm³/mol. The Kier molecular flexibility index (Phi) is 8.12. The maximum Gasteiger partial charge on any atom is 0.416 e. The minimum atomic E-state index is -4.49. The van der Waals surface area contributed by atoms with Crippen molar-refractivity contribution >= 4 is 45.9 Å². The lowest BCUT2D eigenvalue weighted by molar-refractivity contribution is -0.137. The summed E-state index contributed by atoms with van der Waals surface area (Å²) < 4.78 is 45.0. The minimum absolute atomic E-state index is 0.159. The number of thiocarbonyl (C=S) groups is 1. The van der Waals surface area contributed by atoms with Gasteiger partial charge in [-0.2, -0.15) is 13.2 Å². The number of nitrogens with one attached hydrogen (secondary N) is 2. The van der Waals surface area contributed by atoms with E-state index in [1.807, 2.05) is 4.90 Å². The van der Waals surface area contributed by atoms with Gasteiger partial charge in [-0.3, -0.25) is 4.79 Å². The summed E-state index contributed by atoms with van der Waals surface area (Å²) in [6.07, 6.45) is -0.870. The summed E-state index contributed by atoms with van der Waals surface area (Å²) in [6.45, 7) is 3.39. The zero-order chi connectivity index (χ0) is 25.0. The summed E-state index contributed by atoms with van der Waals surface area (Å²) in [5.74, 6) is -0.300. The zero-order valence-corrected chi connectivity index (χ0v) is 21.0. The third-order valence-corrected chi connectivity index (χ3v) is 7.68. The molecule has 2 aliphatic heterocycles. The van der Waals surface area contributed by atoms with Gasteiger partial charge < -0.3 is 25.2 Å². The first-order valence-electron chi connectivity index (χ1n) is 11.5. The molecule has 1 aromatic carbocycles. The number of hydrogen-bond donors (Lipinski definition) is 2. The predicted octanol–water partition coefficient (Wildman–Crippen LogP) is 4.67. The number of alkyl halides is 3. The number of hydrogen-bond acceptors (Lipinski definition) is 6. The van der Waals surface area contributed by atoms with Crippen molar-refractivity contribution in [2.45, 2.75) is 37.8 Å². The molecule has 0 unspecified atom stereocenters. The molecule has 0 aliphatic carbocycles. The number of anilines is 2. The van der Waals surface area contributed by atoms with Crippen LogP contribution < -0.4 is 15.5 Å². The summed E-state index contributed by atoms with van der Waals surface area (Å²) in [7, 11) is 1.60. The Labute approximate surface area is 211 Å². The summed E-state index contributed by atoms with van der Waals surface area (Å²) in [4.78, 5) is 21.6. The van der Waals surface area contributed by atoms with Crippen molar-refractivity contribution in [3.8, 4) is 0 Å². The van der Waals surface area contributed by atoms with E-state index in [-0.39, 0.29) is 17.3 Å². The molecule has 7 nitrogen and oxygen atoms in total. The van der Waals surface area contributed by atoms with Gasteiger partial charge in [-0.1, -0.05) is 0 Å². The zero-order valence-electron chi connectivity index (χ0n) is 19.4. The third-order valence-electron chi connectivity index (χ3n) is 6.27. The van der Waals surface area contributed by atoms with Crippen LogP contribution in [0.3, 0.4) is 0 Å². The average Bonchev–Trinajstić information content (AvgIpc) is 3.55. The van der Waals surface area contributed by atoms with Gasteiger partial charge >= 0.3 is 6.18 Å². The molecular formula is C23H28F3N5O2S2. The van der Waals surface area contributed by atoms with Gasteiger partial charge in [-0.15, -0.1) is 11.3 Å². The highest BCUT2D eigenvalue weighted by molar-refractivity contribution is 7.80. The normalized spacial score (nSPS) is 17.0. The molecule has 1 aromatic heterocycles. The van der Waals surface area contributed by atoms with Crippen LogP contribution >= 0.6 is 23.6 Å². The Morgan fingerprint density at radius 3 is 2.60 bits per heavy atom. The number of rotatable bonds is 6. The first-order valence-corrected chi connectivity index (χ1v) is 12.8. The Morgan fingerprint density at radius 2 is 1.94 bits per heavy atom. The number of likely N-dealkylation sites (tertiary alicyclic amines) is 1. The lowest BCUT2D eigenvalue weighted by Crippen LogP contribution is -2.44. The summed E-state index contributed by atoms with van der Waals surface area (Å²) in [5.41, 5.74) is 0.185. The van der Waals surface area contributed by atoms with E-state index in [0.29, 0.717) is 17.5 Å². The van der Waals surface area contributed by atoms with Crippen LogP contribution in [0.4, 0.5) is 24.5 Å². The molecule has 12 heteroatoms. The fraction of sp³-hybridized carbons (Fsp3) is 0.522. The SMILES string of the molecule is COCNC(=S)N1CCC(c2nc(C(=O)Nc3cc(C(F)(F)F)ccc3N3CCCC3)cs2)CC1. The van der Waals surface area contributed by atoms with E-state index in [1.165, 1.54) is 17.4 Å². The van der Waals surface area contributed by atoms with Crippen molar-refractivity contribution in [3.63, 3.8) is 0 Å². The number of ether oxygens (including phenoxy) is 1. The molecule has 0 bridgehead atoms. The average molecular weight is 528 g/mol. The van der Waals surface area contributed by atoms with Crippen molar-refractivity contribution in [2.24, 2.45) is 0 Å². The standard InChI is InChI=1S/C23H28F3N5O2S2/c1-33-14-27-22(34)31-10-6-15(7-11-31)21-29-18(13-35-21)20(32)28-17-12-16(23(24,25)26)4-5-19(17)30-8-2-3-9-30/h4-5,12-13,15H,2-3,6-11,14H2,1H3,(H,27,34)(H,28,32). The molecule has 0 radical (unpaired) electrons. The van der Waals surface area contributed by atoms with Gasteiger partial charge in [0.25, 0.3) is 5.91 Å². The number of nitrogens with zero attached hydrogens (tertiary/aromatic N) is 3.